The summed E-state index contributed by atoms with van der Waals surface area (Å²) in [5.74, 6) is 0.643. The zero-order chi connectivity index (χ0) is 16.1. The number of thioether (sulfide) groups is 1. The van der Waals surface area contributed by atoms with E-state index in [2.05, 4.69) is 20.5 Å². The summed E-state index contributed by atoms with van der Waals surface area (Å²) in [6, 6.07) is 9.91. The highest BCUT2D eigenvalue weighted by Crippen LogP contribution is 2.25. The zero-order valence-electron chi connectivity index (χ0n) is 12.4. The van der Waals surface area contributed by atoms with E-state index in [-0.39, 0.29) is 5.91 Å². The first kappa shape index (κ1) is 16.1. The van der Waals surface area contributed by atoms with Crippen LogP contribution in [0.15, 0.2) is 40.1 Å². The quantitative estimate of drug-likeness (QED) is 0.669. The highest BCUT2D eigenvalue weighted by molar-refractivity contribution is 8.01. The van der Waals surface area contributed by atoms with Gasteiger partial charge >= 0.3 is 0 Å². The second-order valence-electron chi connectivity index (χ2n) is 4.64. The molecule has 118 valence electrons. The Hall–Kier alpha value is -1.77. The minimum atomic E-state index is -0.0345. The van der Waals surface area contributed by atoms with E-state index < -0.39 is 0 Å². The van der Waals surface area contributed by atoms with E-state index in [1.807, 2.05) is 42.6 Å². The second kappa shape index (κ2) is 7.67. The molecule has 1 amide bonds. The Morgan fingerprint density at radius 3 is 2.83 bits per heavy atom. The molecule has 2 heterocycles. The summed E-state index contributed by atoms with van der Waals surface area (Å²) < 4.78 is 0.899. The van der Waals surface area contributed by atoms with E-state index in [0.29, 0.717) is 17.3 Å². The summed E-state index contributed by atoms with van der Waals surface area (Å²) in [6.07, 6.45) is 0.420. The molecule has 0 aliphatic heterocycles. The standard InChI is InChI=1S/C15H14N4OS3/c1-10-18-19-15(23-10)21-8-7-13(20)17-14-16-12(9-22-14)11-5-3-2-4-6-11/h2-6,9H,7-8H2,1H3,(H,16,17,20). The second-order valence-corrected chi connectivity index (χ2v) is 8.02. The predicted molar refractivity (Wildman–Crippen MR) is 96.2 cm³/mol. The molecule has 1 aromatic carbocycles. The van der Waals surface area contributed by atoms with Gasteiger partial charge in [-0.3, -0.25) is 4.79 Å². The molecular weight excluding hydrogens is 348 g/mol. The van der Waals surface area contributed by atoms with Crippen molar-refractivity contribution >= 4 is 45.5 Å². The van der Waals surface area contributed by atoms with E-state index in [1.165, 1.54) is 11.3 Å². The third-order valence-corrected chi connectivity index (χ3v) is 5.61. The summed E-state index contributed by atoms with van der Waals surface area (Å²) in [4.78, 5) is 16.4. The maximum atomic E-state index is 12.0. The van der Waals surface area contributed by atoms with Crippen LogP contribution in [0.4, 0.5) is 5.13 Å². The first-order chi connectivity index (χ1) is 11.2. The highest BCUT2D eigenvalue weighted by Gasteiger charge is 2.09. The number of nitrogens with one attached hydrogen (secondary N) is 1. The SMILES string of the molecule is Cc1nnc(SCCC(=O)Nc2nc(-c3ccccc3)cs2)s1. The Bertz CT molecular complexity index is 785. The molecule has 0 spiro atoms. The lowest BCUT2D eigenvalue weighted by molar-refractivity contribution is -0.115. The van der Waals surface area contributed by atoms with Gasteiger partial charge < -0.3 is 5.32 Å². The average Bonchev–Trinajstić information content (AvgIpc) is 3.17. The van der Waals surface area contributed by atoms with Gasteiger partial charge in [0.15, 0.2) is 9.47 Å². The Kier molecular flexibility index (Phi) is 5.37. The summed E-state index contributed by atoms with van der Waals surface area (Å²) in [7, 11) is 0. The average molecular weight is 363 g/mol. The molecule has 0 atom stereocenters. The van der Waals surface area contributed by atoms with Gasteiger partial charge in [-0.25, -0.2) is 4.98 Å². The molecule has 0 bridgehead atoms. The molecule has 0 saturated carbocycles. The molecule has 0 fully saturated rings. The maximum absolute atomic E-state index is 12.0. The fourth-order valence-corrected chi connectivity index (χ4v) is 4.38. The van der Waals surface area contributed by atoms with Crippen LogP contribution in [0.5, 0.6) is 0 Å². The van der Waals surface area contributed by atoms with Crippen molar-refractivity contribution in [3.63, 3.8) is 0 Å². The smallest absolute Gasteiger partial charge is 0.226 e. The van der Waals surface area contributed by atoms with Crippen molar-refractivity contribution in [2.45, 2.75) is 17.7 Å². The molecular formula is C15H14N4OS3. The van der Waals surface area contributed by atoms with Crippen LogP contribution in [0.25, 0.3) is 11.3 Å². The van der Waals surface area contributed by atoms with Gasteiger partial charge in [-0.2, -0.15) is 0 Å². The van der Waals surface area contributed by atoms with Gasteiger partial charge in [-0.1, -0.05) is 53.4 Å². The number of thiazole rings is 1. The molecule has 23 heavy (non-hydrogen) atoms. The maximum Gasteiger partial charge on any atom is 0.226 e. The number of rotatable bonds is 6. The first-order valence-corrected chi connectivity index (χ1v) is 9.62. The van der Waals surface area contributed by atoms with Crippen LogP contribution in [-0.2, 0) is 4.79 Å². The van der Waals surface area contributed by atoms with E-state index >= 15 is 0 Å². The van der Waals surface area contributed by atoms with Crippen molar-refractivity contribution in [1.29, 1.82) is 0 Å². The molecule has 0 aliphatic carbocycles. The lowest BCUT2D eigenvalue weighted by Crippen LogP contribution is -2.11. The third-order valence-electron chi connectivity index (χ3n) is 2.88. The molecule has 1 N–H and O–H groups in total. The molecule has 0 saturated heterocycles. The van der Waals surface area contributed by atoms with Crippen LogP contribution in [0, 0.1) is 6.92 Å². The van der Waals surface area contributed by atoms with Gasteiger partial charge in [0.05, 0.1) is 5.69 Å². The van der Waals surface area contributed by atoms with Crippen molar-refractivity contribution in [1.82, 2.24) is 15.2 Å². The van der Waals surface area contributed by atoms with Gasteiger partial charge in [0, 0.05) is 23.1 Å². The summed E-state index contributed by atoms with van der Waals surface area (Å²) in [5, 5.41) is 14.3. The molecule has 0 unspecified atom stereocenters. The van der Waals surface area contributed by atoms with E-state index in [1.54, 1.807) is 23.1 Å². The first-order valence-electron chi connectivity index (χ1n) is 6.94. The predicted octanol–water partition coefficient (Wildman–Crippen LogP) is 4.09. The van der Waals surface area contributed by atoms with Crippen LogP contribution in [0.2, 0.25) is 0 Å². The van der Waals surface area contributed by atoms with Crippen molar-refractivity contribution in [2.24, 2.45) is 0 Å². The van der Waals surface area contributed by atoms with Crippen molar-refractivity contribution < 1.29 is 4.79 Å². The van der Waals surface area contributed by atoms with Crippen LogP contribution >= 0.6 is 34.4 Å². The highest BCUT2D eigenvalue weighted by atomic mass is 32.2. The zero-order valence-corrected chi connectivity index (χ0v) is 14.8. The van der Waals surface area contributed by atoms with Gasteiger partial charge in [0.2, 0.25) is 5.91 Å². The molecule has 2 aromatic heterocycles. The number of carbonyl (C=O) groups excluding carboxylic acids is 1. The van der Waals surface area contributed by atoms with E-state index in [4.69, 9.17) is 0 Å². The lowest BCUT2D eigenvalue weighted by Gasteiger charge is -2.00. The Morgan fingerprint density at radius 2 is 2.09 bits per heavy atom. The lowest BCUT2D eigenvalue weighted by atomic mass is 10.2. The number of nitrogens with zero attached hydrogens (tertiary/aromatic N) is 3. The van der Waals surface area contributed by atoms with Crippen molar-refractivity contribution in [3.05, 3.63) is 40.7 Å². The topological polar surface area (TPSA) is 67.8 Å². The Labute approximate surface area is 146 Å². The number of hydrogen-bond donors (Lipinski definition) is 1. The van der Waals surface area contributed by atoms with Crippen LogP contribution in [-0.4, -0.2) is 26.8 Å². The minimum Gasteiger partial charge on any atom is -0.302 e. The summed E-state index contributed by atoms with van der Waals surface area (Å²) in [5.41, 5.74) is 1.93. The molecule has 8 heteroatoms. The van der Waals surface area contributed by atoms with E-state index in [0.717, 1.165) is 20.6 Å². The van der Waals surface area contributed by atoms with Gasteiger partial charge in [-0.05, 0) is 6.92 Å². The number of amides is 1. The number of hydrogen-bond acceptors (Lipinski definition) is 7. The van der Waals surface area contributed by atoms with Gasteiger partial charge in [0.1, 0.15) is 5.01 Å². The molecule has 0 radical (unpaired) electrons. The minimum absolute atomic E-state index is 0.0345. The summed E-state index contributed by atoms with van der Waals surface area (Å²) >= 11 is 4.53. The van der Waals surface area contributed by atoms with Gasteiger partial charge in [0.25, 0.3) is 0 Å². The molecule has 0 aliphatic rings. The number of aromatic nitrogens is 3. The van der Waals surface area contributed by atoms with Crippen molar-refractivity contribution in [2.75, 3.05) is 11.1 Å². The number of anilines is 1. The third kappa shape index (κ3) is 4.60. The van der Waals surface area contributed by atoms with Crippen LogP contribution in [0.1, 0.15) is 11.4 Å². The monoisotopic (exact) mass is 362 g/mol. The van der Waals surface area contributed by atoms with Gasteiger partial charge in [-0.15, -0.1) is 21.5 Å². The summed E-state index contributed by atoms with van der Waals surface area (Å²) in [6.45, 7) is 1.92. The van der Waals surface area contributed by atoms with Crippen LogP contribution < -0.4 is 5.32 Å². The van der Waals surface area contributed by atoms with E-state index in [9.17, 15) is 4.79 Å². The largest absolute Gasteiger partial charge is 0.302 e. The Morgan fingerprint density at radius 1 is 1.26 bits per heavy atom. The fraction of sp³-hybridized carbons (Fsp3) is 0.200. The fourth-order valence-electron chi connectivity index (χ4n) is 1.82. The molecule has 3 aromatic rings. The number of aryl methyl sites for hydroxylation is 1. The van der Waals surface area contributed by atoms with Crippen molar-refractivity contribution in [3.8, 4) is 11.3 Å². The molecule has 5 nitrogen and oxygen atoms in total. The number of carbonyl (C=O) groups is 1. The normalized spacial score (nSPS) is 10.7. The van der Waals surface area contributed by atoms with Crippen LogP contribution in [0.3, 0.4) is 0 Å². The Balaban J connectivity index is 1.49. The number of benzene rings is 1. The molecule has 3 rings (SSSR count).